The summed E-state index contributed by atoms with van der Waals surface area (Å²) in [6.07, 6.45) is -10.6. The molecule has 0 amide bonds. The Hall–Kier alpha value is -9.46. The molecule has 15 rings (SSSR count). The van der Waals surface area contributed by atoms with Crippen molar-refractivity contribution in [2.45, 2.75) is 103 Å². The van der Waals surface area contributed by atoms with E-state index in [2.05, 4.69) is 24.9 Å². The summed E-state index contributed by atoms with van der Waals surface area (Å²) in [5.74, 6) is 3.15. The fourth-order valence-corrected chi connectivity index (χ4v) is 14.2. The topological polar surface area (TPSA) is 227 Å². The van der Waals surface area contributed by atoms with Crippen LogP contribution in [-0.2, 0) is 44.2 Å². The van der Waals surface area contributed by atoms with E-state index in [9.17, 15) is 61.5 Å². The lowest BCUT2D eigenvalue weighted by atomic mass is 9.89. The van der Waals surface area contributed by atoms with Crippen LogP contribution in [0.25, 0.3) is 66.5 Å². The first-order chi connectivity index (χ1) is 45.3. The number of nitrogens with two attached hydrogens (primary N) is 2. The summed E-state index contributed by atoms with van der Waals surface area (Å²) in [5, 5.41) is 21.3. The lowest BCUT2D eigenvalue weighted by Gasteiger charge is -2.21. The number of halogens is 9. The number of hydrogen-bond acceptors (Lipinski definition) is 8. The maximum absolute atomic E-state index is 12.8. The van der Waals surface area contributed by atoms with Gasteiger partial charge < -0.3 is 20.1 Å². The van der Waals surface area contributed by atoms with Crippen LogP contribution < -0.4 is 10.3 Å². The quantitative estimate of drug-likeness (QED) is 0.0644. The smallest absolute Gasteiger partial charge is 0.386 e. The minimum Gasteiger partial charge on any atom is -0.386 e. The largest absolute Gasteiger partial charge is 0.416 e. The van der Waals surface area contributed by atoms with Crippen LogP contribution in [-0.4, -0.2) is 51.8 Å². The number of primary sulfonamides is 2. The van der Waals surface area contributed by atoms with E-state index in [1.165, 1.54) is 36.4 Å². The molecule has 0 aliphatic heterocycles. The van der Waals surface area contributed by atoms with Gasteiger partial charge in [-0.25, -0.2) is 42.1 Å². The Kier molecular flexibility index (Phi) is 16.5. The fraction of sp³-hybridized carbons (Fsp3) is 0.208. The summed E-state index contributed by atoms with van der Waals surface area (Å²) in [5.41, 5.74) is 9.60. The highest BCUT2D eigenvalue weighted by molar-refractivity contribution is 7.89. The van der Waals surface area contributed by atoms with E-state index >= 15 is 0 Å². The van der Waals surface area contributed by atoms with Gasteiger partial charge in [0, 0.05) is 28.9 Å². The average molecular weight is 1350 g/mol. The monoisotopic (exact) mass is 1350 g/mol. The molecule has 24 heteroatoms. The Morgan fingerprint density at radius 3 is 0.958 bits per heavy atom. The van der Waals surface area contributed by atoms with Crippen LogP contribution in [0.3, 0.4) is 0 Å². The molecule has 3 saturated carbocycles. The molecule has 3 fully saturated rings. The van der Waals surface area contributed by atoms with Gasteiger partial charge in [0.25, 0.3) is 0 Å². The number of fused-ring (bicyclic) bond motifs is 3. The first-order valence-electron chi connectivity index (χ1n) is 30.4. The number of H-pyrrole nitrogens is 3. The van der Waals surface area contributed by atoms with Gasteiger partial charge in [0.15, 0.2) is 0 Å². The molecule has 492 valence electrons. The summed E-state index contributed by atoms with van der Waals surface area (Å²) in [7, 11) is -7.76. The zero-order chi connectivity index (χ0) is 68.0. The standard InChI is InChI=1S/C26H23F3N2O.2C23H18F3N3O2S/c1-25(2,32)21-6-4-3-5-18(21)16-9-12-22-23(13-16)31-24(30-22)20-14-19(20)15-7-10-17(11-8-15)26(27,28)29;2*24-23(25,26)15-8-5-13(6-9-15)17-12-18(17)22-28-19-10-7-14(11-20(19)29-22)16-3-1-2-4-21(16)32(27,30)31/h3-13,19-20,32H,14H2,1-2H3,(H,30,31);2*1-11,17-18H,12H2,(H,28,29)(H2,27,30,31)/t19-,20-;2*17-,18-/m110/s1. The average Bonchev–Trinajstić information content (AvgIpc) is 1.59. The number of imidazole rings is 3. The highest BCUT2D eigenvalue weighted by Gasteiger charge is 2.45. The summed E-state index contributed by atoms with van der Waals surface area (Å²) in [6.45, 7) is 3.54. The Bertz CT molecular complexity index is 4940. The van der Waals surface area contributed by atoms with Crippen molar-refractivity contribution in [1.29, 1.82) is 0 Å². The number of aromatic amines is 3. The SMILES string of the molecule is CC(C)(O)c1ccccc1-c1ccc2nc([C@@H]3C[C@@H]3c3ccc(C(F)(F)F)cc3)[nH]c2c1.NS(=O)(=O)c1ccccc1-c1ccc2nc([C@@H]3C[C@@H]3c3ccc(C(F)(F)F)cc3)[nH]c2c1.NS(=O)(=O)c1ccccc1-c1ccc2nc([C@H]3C[C@H]3c3ccc(C(F)(F)F)cc3)[nH]c2c1. The highest BCUT2D eigenvalue weighted by Crippen LogP contribution is 2.57. The lowest BCUT2D eigenvalue weighted by Crippen LogP contribution is -2.16. The molecule has 0 radical (unpaired) electrons. The van der Waals surface area contributed by atoms with Gasteiger partial charge in [-0.1, -0.05) is 115 Å². The van der Waals surface area contributed by atoms with Crippen molar-refractivity contribution in [2.24, 2.45) is 10.3 Å². The van der Waals surface area contributed by atoms with Crippen molar-refractivity contribution in [1.82, 2.24) is 29.9 Å². The zero-order valence-electron chi connectivity index (χ0n) is 50.9. The summed E-state index contributed by atoms with van der Waals surface area (Å²) >= 11 is 0. The van der Waals surface area contributed by atoms with Crippen molar-refractivity contribution in [3.05, 3.63) is 257 Å². The molecule has 8 N–H and O–H groups in total. The van der Waals surface area contributed by atoms with Crippen LogP contribution in [0.4, 0.5) is 39.5 Å². The van der Waals surface area contributed by atoms with E-state index in [1.807, 2.05) is 54.6 Å². The number of nitrogens with zero attached hydrogens (tertiary/aromatic N) is 3. The van der Waals surface area contributed by atoms with Crippen molar-refractivity contribution in [3.8, 4) is 33.4 Å². The molecule has 3 aliphatic carbocycles. The Labute approximate surface area is 544 Å². The van der Waals surface area contributed by atoms with Crippen LogP contribution in [0.2, 0.25) is 0 Å². The molecule has 0 spiro atoms. The molecule has 0 bridgehead atoms. The number of benzene rings is 9. The van der Waals surface area contributed by atoms with Gasteiger partial charge in [-0.15, -0.1) is 0 Å². The first kappa shape index (κ1) is 65.2. The van der Waals surface area contributed by atoms with E-state index in [4.69, 9.17) is 15.3 Å². The number of alkyl halides is 9. The summed E-state index contributed by atoms with van der Waals surface area (Å²) in [4.78, 5) is 24.1. The van der Waals surface area contributed by atoms with Crippen LogP contribution in [0.1, 0.15) is 125 Å². The lowest BCUT2D eigenvalue weighted by molar-refractivity contribution is -0.138. The molecule has 9 aromatic carbocycles. The van der Waals surface area contributed by atoms with Crippen LogP contribution in [0, 0.1) is 0 Å². The van der Waals surface area contributed by atoms with E-state index in [0.29, 0.717) is 22.3 Å². The molecular weight excluding hydrogens is 1290 g/mol. The third-order valence-corrected chi connectivity index (χ3v) is 19.8. The molecule has 0 saturated heterocycles. The molecule has 96 heavy (non-hydrogen) atoms. The van der Waals surface area contributed by atoms with E-state index in [1.54, 1.807) is 86.6 Å². The number of sulfonamides is 2. The predicted octanol–water partition coefficient (Wildman–Crippen LogP) is 17.1. The normalized spacial score (nSPS) is 18.8. The van der Waals surface area contributed by atoms with Crippen molar-refractivity contribution >= 4 is 53.1 Å². The van der Waals surface area contributed by atoms with Gasteiger partial charge in [0.1, 0.15) is 17.5 Å². The number of rotatable bonds is 12. The minimum absolute atomic E-state index is 0.0450. The number of aromatic nitrogens is 6. The molecule has 0 unspecified atom stereocenters. The van der Waals surface area contributed by atoms with Crippen LogP contribution in [0.15, 0.2) is 210 Å². The van der Waals surface area contributed by atoms with Crippen molar-refractivity contribution in [3.63, 3.8) is 0 Å². The Morgan fingerprint density at radius 2 is 0.667 bits per heavy atom. The Morgan fingerprint density at radius 1 is 0.385 bits per heavy atom. The maximum atomic E-state index is 12.8. The third-order valence-electron chi connectivity index (χ3n) is 17.8. The van der Waals surface area contributed by atoms with Crippen LogP contribution >= 0.6 is 0 Å². The van der Waals surface area contributed by atoms with Gasteiger partial charge in [-0.2, -0.15) is 39.5 Å². The molecule has 6 atom stereocenters. The van der Waals surface area contributed by atoms with E-state index < -0.39 is 60.9 Å². The molecular formula is C72H59F9N8O5S2. The maximum Gasteiger partial charge on any atom is 0.416 e. The zero-order valence-corrected chi connectivity index (χ0v) is 52.6. The van der Waals surface area contributed by atoms with E-state index in [-0.39, 0.29) is 45.3 Å². The number of nitrogens with one attached hydrogen (secondary N) is 3. The second-order valence-corrected chi connectivity index (χ2v) is 28.0. The van der Waals surface area contributed by atoms with Gasteiger partial charge >= 0.3 is 18.5 Å². The van der Waals surface area contributed by atoms with Crippen molar-refractivity contribution < 1.29 is 61.5 Å². The first-order valence-corrected chi connectivity index (χ1v) is 33.5. The molecule has 13 nitrogen and oxygen atoms in total. The van der Waals surface area contributed by atoms with Crippen molar-refractivity contribution in [2.75, 3.05) is 0 Å². The van der Waals surface area contributed by atoms with Gasteiger partial charge in [-0.05, 0) is 180 Å². The second-order valence-electron chi connectivity index (χ2n) is 25.0. The number of hydrogen-bond donors (Lipinski definition) is 6. The second kappa shape index (κ2) is 24.3. The third kappa shape index (κ3) is 13.8. The minimum atomic E-state index is -4.35. The Balaban J connectivity index is 0.000000130. The molecule has 3 aliphatic rings. The van der Waals surface area contributed by atoms with Gasteiger partial charge in [-0.3, -0.25) is 0 Å². The summed E-state index contributed by atoms with van der Waals surface area (Å²) < 4.78 is 163. The fourth-order valence-electron chi connectivity index (χ4n) is 12.6. The highest BCUT2D eigenvalue weighted by atomic mass is 32.2. The molecule has 3 heterocycles. The predicted molar refractivity (Wildman–Crippen MR) is 347 cm³/mol. The summed E-state index contributed by atoms with van der Waals surface area (Å²) in [6, 6.07) is 53.6. The van der Waals surface area contributed by atoms with E-state index in [0.717, 1.165) is 140 Å². The van der Waals surface area contributed by atoms with Gasteiger partial charge in [0.2, 0.25) is 20.0 Å². The van der Waals surface area contributed by atoms with Gasteiger partial charge in [0.05, 0.1) is 65.2 Å². The molecule has 12 aromatic rings. The van der Waals surface area contributed by atoms with Crippen LogP contribution in [0.5, 0.6) is 0 Å². The molecule has 3 aromatic heterocycles. The number of aliphatic hydroxyl groups is 1.